The van der Waals surface area contributed by atoms with Crippen molar-refractivity contribution < 1.29 is 14.3 Å². The van der Waals surface area contributed by atoms with Gasteiger partial charge in [-0.2, -0.15) is 5.10 Å². The van der Waals surface area contributed by atoms with Crippen molar-refractivity contribution in [3.8, 4) is 0 Å². The highest BCUT2D eigenvalue weighted by Crippen LogP contribution is 2.18. The summed E-state index contributed by atoms with van der Waals surface area (Å²) in [7, 11) is 3.20. The normalized spacial score (nSPS) is 12.6. The molecule has 0 saturated carbocycles. The number of nitrogens with two attached hydrogens (primary N) is 1. The van der Waals surface area contributed by atoms with Crippen LogP contribution in [0.2, 0.25) is 5.02 Å². The number of ketones is 1. The molecule has 1 heterocycles. The van der Waals surface area contributed by atoms with Gasteiger partial charge in [0.15, 0.2) is 5.78 Å². The highest BCUT2D eigenvalue weighted by Gasteiger charge is 2.22. The molecule has 7 heteroatoms. The molecular formula is C12H20ClN3O3. The van der Waals surface area contributed by atoms with Gasteiger partial charge in [0.05, 0.1) is 30.4 Å². The van der Waals surface area contributed by atoms with Crippen molar-refractivity contribution in [2.75, 3.05) is 27.4 Å². The molecule has 19 heavy (non-hydrogen) atoms. The molecule has 0 bridgehead atoms. The van der Waals surface area contributed by atoms with Gasteiger partial charge in [-0.3, -0.25) is 9.48 Å². The van der Waals surface area contributed by atoms with Crippen LogP contribution in [0.15, 0.2) is 6.20 Å². The van der Waals surface area contributed by atoms with Crippen molar-refractivity contribution in [3.63, 3.8) is 0 Å². The van der Waals surface area contributed by atoms with Gasteiger partial charge in [-0.15, -0.1) is 0 Å². The van der Waals surface area contributed by atoms with Crippen LogP contribution in [-0.4, -0.2) is 49.0 Å². The predicted octanol–water partition coefficient (Wildman–Crippen LogP) is 1.12. The van der Waals surface area contributed by atoms with Gasteiger partial charge in [0.1, 0.15) is 5.69 Å². The van der Waals surface area contributed by atoms with E-state index in [1.54, 1.807) is 14.2 Å². The zero-order valence-electron chi connectivity index (χ0n) is 11.3. The Bertz CT molecular complexity index is 409. The number of halogens is 1. The molecule has 6 nitrogen and oxygen atoms in total. The minimum Gasteiger partial charge on any atom is -0.385 e. The maximum absolute atomic E-state index is 12.3. The van der Waals surface area contributed by atoms with Crippen LogP contribution < -0.4 is 5.73 Å². The molecule has 1 rings (SSSR count). The van der Waals surface area contributed by atoms with Crippen LogP contribution in [0.1, 0.15) is 23.3 Å². The molecule has 0 fully saturated rings. The molecule has 0 spiro atoms. The smallest absolute Gasteiger partial charge is 0.199 e. The van der Waals surface area contributed by atoms with Crippen LogP contribution >= 0.6 is 11.6 Å². The third kappa shape index (κ3) is 4.58. The lowest BCUT2D eigenvalue weighted by Crippen LogP contribution is -2.33. The minimum atomic E-state index is -0.592. The summed E-state index contributed by atoms with van der Waals surface area (Å²) < 4.78 is 11.4. The maximum atomic E-state index is 12.3. The Morgan fingerprint density at radius 1 is 1.47 bits per heavy atom. The largest absolute Gasteiger partial charge is 0.385 e. The van der Waals surface area contributed by atoms with Gasteiger partial charge in [-0.1, -0.05) is 11.6 Å². The van der Waals surface area contributed by atoms with E-state index in [9.17, 15) is 4.79 Å². The van der Waals surface area contributed by atoms with E-state index in [1.807, 2.05) is 0 Å². The fraction of sp³-hybridized carbons (Fsp3) is 0.667. The van der Waals surface area contributed by atoms with Gasteiger partial charge < -0.3 is 15.2 Å². The number of hydrogen-bond acceptors (Lipinski definition) is 5. The summed E-state index contributed by atoms with van der Waals surface area (Å²) in [4.78, 5) is 12.3. The third-order valence-corrected chi connectivity index (χ3v) is 3.01. The number of aromatic nitrogens is 2. The van der Waals surface area contributed by atoms with E-state index in [0.29, 0.717) is 36.9 Å². The number of carbonyl (C=O) groups excluding carboxylic acids is 1. The Labute approximate surface area is 117 Å². The topological polar surface area (TPSA) is 79.4 Å². The number of methoxy groups -OCH3 is 2. The first-order valence-corrected chi connectivity index (χ1v) is 6.48. The summed E-state index contributed by atoms with van der Waals surface area (Å²) >= 11 is 6.00. The molecule has 0 aliphatic rings. The molecule has 1 unspecified atom stereocenters. The second-order valence-electron chi connectivity index (χ2n) is 4.16. The average Bonchev–Trinajstić information content (AvgIpc) is 2.76. The average molecular weight is 290 g/mol. The lowest BCUT2D eigenvalue weighted by molar-refractivity contribution is 0.0936. The van der Waals surface area contributed by atoms with Crippen molar-refractivity contribution >= 4 is 17.4 Å². The van der Waals surface area contributed by atoms with Gasteiger partial charge in [0.25, 0.3) is 0 Å². The van der Waals surface area contributed by atoms with E-state index in [2.05, 4.69) is 5.10 Å². The van der Waals surface area contributed by atoms with Gasteiger partial charge in [0.2, 0.25) is 0 Å². The van der Waals surface area contributed by atoms with Crippen LogP contribution in [0.4, 0.5) is 0 Å². The third-order valence-electron chi connectivity index (χ3n) is 2.74. The Balaban J connectivity index is 2.71. The highest BCUT2D eigenvalue weighted by atomic mass is 35.5. The van der Waals surface area contributed by atoms with Crippen molar-refractivity contribution in [2.24, 2.45) is 5.73 Å². The lowest BCUT2D eigenvalue weighted by Gasteiger charge is -2.12. The zero-order valence-corrected chi connectivity index (χ0v) is 12.0. The van der Waals surface area contributed by atoms with Crippen molar-refractivity contribution in [3.05, 3.63) is 16.9 Å². The fourth-order valence-corrected chi connectivity index (χ4v) is 1.94. The van der Waals surface area contributed by atoms with E-state index in [1.165, 1.54) is 10.9 Å². The lowest BCUT2D eigenvalue weighted by atomic mass is 10.1. The summed E-state index contributed by atoms with van der Waals surface area (Å²) in [5.41, 5.74) is 6.23. The Morgan fingerprint density at radius 2 is 2.16 bits per heavy atom. The summed E-state index contributed by atoms with van der Waals surface area (Å²) in [5.74, 6) is -0.199. The zero-order chi connectivity index (χ0) is 14.3. The first-order valence-electron chi connectivity index (χ1n) is 6.10. The van der Waals surface area contributed by atoms with Crippen LogP contribution in [0.5, 0.6) is 0 Å². The molecule has 0 aliphatic heterocycles. The van der Waals surface area contributed by atoms with Crippen molar-refractivity contribution in [2.45, 2.75) is 25.4 Å². The molecular weight excluding hydrogens is 270 g/mol. The quantitative estimate of drug-likeness (QED) is 0.544. The van der Waals surface area contributed by atoms with E-state index in [4.69, 9.17) is 26.8 Å². The molecule has 108 valence electrons. The Hall–Kier alpha value is -0.950. The number of carbonyl (C=O) groups is 1. The summed E-state index contributed by atoms with van der Waals surface area (Å²) in [6, 6.07) is -0.592. The SMILES string of the molecule is COCCCC(N)C(=O)c1c(Cl)cnn1CCOC. The molecule has 2 N–H and O–H groups in total. The first-order chi connectivity index (χ1) is 9.11. The summed E-state index contributed by atoms with van der Waals surface area (Å²) in [5, 5.41) is 4.38. The Kier molecular flexibility index (Phi) is 7.01. The standard InChI is InChI=1S/C12H20ClN3O3/c1-18-6-3-4-10(14)12(17)11-9(13)8-15-16(11)5-7-19-2/h8,10H,3-7,14H2,1-2H3. The summed E-state index contributed by atoms with van der Waals surface area (Å²) in [6.07, 6.45) is 2.73. The first kappa shape index (κ1) is 16.1. The number of nitrogens with zero attached hydrogens (tertiary/aromatic N) is 2. The molecule has 0 aromatic carbocycles. The van der Waals surface area contributed by atoms with Gasteiger partial charge in [0, 0.05) is 20.8 Å². The molecule has 1 aromatic heterocycles. The van der Waals surface area contributed by atoms with Crippen LogP contribution in [0, 0.1) is 0 Å². The van der Waals surface area contributed by atoms with E-state index in [0.717, 1.165) is 6.42 Å². The molecule has 1 aromatic rings. The maximum Gasteiger partial charge on any atom is 0.199 e. The van der Waals surface area contributed by atoms with Crippen molar-refractivity contribution in [1.82, 2.24) is 9.78 Å². The predicted molar refractivity (Wildman–Crippen MR) is 72.5 cm³/mol. The van der Waals surface area contributed by atoms with E-state index in [-0.39, 0.29) is 5.78 Å². The number of hydrogen-bond donors (Lipinski definition) is 1. The number of Topliss-reactive ketones (excluding diaryl/α,β-unsaturated/α-hetero) is 1. The second kappa shape index (κ2) is 8.27. The molecule has 0 aliphatic carbocycles. The highest BCUT2D eigenvalue weighted by molar-refractivity contribution is 6.33. The van der Waals surface area contributed by atoms with Crippen molar-refractivity contribution in [1.29, 1.82) is 0 Å². The van der Waals surface area contributed by atoms with Crippen LogP contribution in [-0.2, 0) is 16.0 Å². The van der Waals surface area contributed by atoms with Gasteiger partial charge in [-0.05, 0) is 12.8 Å². The molecule has 1 atom stereocenters. The minimum absolute atomic E-state index is 0.199. The molecule has 0 saturated heterocycles. The van der Waals surface area contributed by atoms with E-state index >= 15 is 0 Å². The van der Waals surface area contributed by atoms with Gasteiger partial charge >= 0.3 is 0 Å². The molecule has 0 radical (unpaired) electrons. The number of ether oxygens (including phenoxy) is 2. The molecule has 0 amide bonds. The van der Waals surface area contributed by atoms with E-state index < -0.39 is 6.04 Å². The second-order valence-corrected chi connectivity index (χ2v) is 4.57. The van der Waals surface area contributed by atoms with Crippen LogP contribution in [0.3, 0.4) is 0 Å². The van der Waals surface area contributed by atoms with Gasteiger partial charge in [-0.25, -0.2) is 0 Å². The monoisotopic (exact) mass is 289 g/mol. The van der Waals surface area contributed by atoms with Crippen LogP contribution in [0.25, 0.3) is 0 Å². The number of rotatable bonds is 9. The summed E-state index contributed by atoms with van der Waals surface area (Å²) in [6.45, 7) is 1.50. The Morgan fingerprint density at radius 3 is 2.79 bits per heavy atom. The fourth-order valence-electron chi connectivity index (χ4n) is 1.71.